The molecule has 3 heterocycles. The van der Waals surface area contributed by atoms with Crippen molar-refractivity contribution in [2.24, 2.45) is 5.92 Å². The first-order valence-corrected chi connectivity index (χ1v) is 12.6. The Morgan fingerprint density at radius 3 is 2.15 bits per heavy atom. The number of nitrogens with zero attached hydrogens (tertiary/aromatic N) is 1. The predicted octanol–water partition coefficient (Wildman–Crippen LogP) is 3.88. The molecule has 2 saturated heterocycles. The fraction of sp³-hybridized carbons (Fsp3) is 0.680. The lowest BCUT2D eigenvalue weighted by molar-refractivity contribution is -0.193. The Morgan fingerprint density at radius 1 is 1.07 bits per heavy atom. The number of likely N-dealkylation sites (tertiary alicyclic amines) is 1. The molecule has 15 heteroatoms. The van der Waals surface area contributed by atoms with Gasteiger partial charge in [0, 0.05) is 57.9 Å². The SMILES string of the molecule is COCCN1CCC2(CC1)CC(NCC1CCOC1)c1ccccc1O2.O=C(O)C(F)(F)F.O=C(O)C(F)(F)F. The van der Waals surface area contributed by atoms with Crippen LogP contribution in [-0.4, -0.2) is 98.1 Å². The molecule has 40 heavy (non-hydrogen) atoms. The molecule has 0 aromatic heterocycles. The molecule has 0 aliphatic carbocycles. The zero-order chi connectivity index (χ0) is 30.0. The van der Waals surface area contributed by atoms with Crippen molar-refractivity contribution in [3.63, 3.8) is 0 Å². The minimum atomic E-state index is -5.08. The number of aliphatic carboxylic acids is 2. The molecule has 9 nitrogen and oxygen atoms in total. The Labute approximate surface area is 227 Å². The van der Waals surface area contributed by atoms with Gasteiger partial charge in [0.25, 0.3) is 0 Å². The van der Waals surface area contributed by atoms with E-state index in [2.05, 4.69) is 34.5 Å². The normalized spacial score (nSPS) is 22.2. The number of halogens is 6. The maximum absolute atomic E-state index is 10.6. The standard InChI is InChI=1S/C21H32N2O3.2C2HF3O2/c1-24-13-11-23-9-7-21(8-10-23)14-19(22-15-17-6-12-25-16-17)18-4-2-3-5-20(18)26-21;2*3-2(4,5)1(6)7/h2-5,17,19,22H,6-16H2,1H3;2*(H,6,7). The van der Waals surface area contributed by atoms with Crippen LogP contribution >= 0.6 is 0 Å². The maximum Gasteiger partial charge on any atom is 0.490 e. The number of carboxylic acid groups (broad SMARTS) is 2. The quantitative estimate of drug-likeness (QED) is 0.426. The third-order valence-electron chi connectivity index (χ3n) is 6.74. The van der Waals surface area contributed by atoms with E-state index in [0.29, 0.717) is 12.0 Å². The second kappa shape index (κ2) is 14.8. The molecular weight excluding hydrogens is 554 g/mol. The Kier molecular flexibility index (Phi) is 12.5. The van der Waals surface area contributed by atoms with Crippen molar-refractivity contribution in [1.29, 1.82) is 0 Å². The molecule has 3 aliphatic rings. The number of ether oxygens (including phenoxy) is 3. The molecule has 2 atom stereocenters. The lowest BCUT2D eigenvalue weighted by atomic mass is 9.80. The lowest BCUT2D eigenvalue weighted by Gasteiger charge is -2.47. The fourth-order valence-corrected chi connectivity index (χ4v) is 4.56. The van der Waals surface area contributed by atoms with Gasteiger partial charge in [-0.15, -0.1) is 0 Å². The van der Waals surface area contributed by atoms with E-state index in [4.69, 9.17) is 34.0 Å². The number of nitrogens with one attached hydrogen (secondary N) is 1. The van der Waals surface area contributed by atoms with Gasteiger partial charge in [-0.25, -0.2) is 9.59 Å². The van der Waals surface area contributed by atoms with Gasteiger partial charge in [0.05, 0.1) is 13.2 Å². The summed E-state index contributed by atoms with van der Waals surface area (Å²) >= 11 is 0. The van der Waals surface area contributed by atoms with Crippen LogP contribution in [-0.2, 0) is 19.1 Å². The molecule has 1 spiro atoms. The third-order valence-corrected chi connectivity index (χ3v) is 6.74. The highest BCUT2D eigenvalue weighted by molar-refractivity contribution is 5.73. The Morgan fingerprint density at radius 2 is 1.65 bits per heavy atom. The van der Waals surface area contributed by atoms with Crippen LogP contribution in [0.5, 0.6) is 5.75 Å². The summed E-state index contributed by atoms with van der Waals surface area (Å²) in [6.07, 6.45) is -5.74. The number of hydrogen-bond donors (Lipinski definition) is 3. The van der Waals surface area contributed by atoms with E-state index >= 15 is 0 Å². The lowest BCUT2D eigenvalue weighted by Crippen LogP contribution is -2.52. The summed E-state index contributed by atoms with van der Waals surface area (Å²) in [6, 6.07) is 8.96. The molecule has 0 bridgehead atoms. The van der Waals surface area contributed by atoms with Gasteiger partial charge >= 0.3 is 24.3 Å². The van der Waals surface area contributed by atoms with E-state index in [-0.39, 0.29) is 5.60 Å². The highest BCUT2D eigenvalue weighted by atomic mass is 19.4. The van der Waals surface area contributed by atoms with Crippen LogP contribution in [0.4, 0.5) is 26.3 Å². The van der Waals surface area contributed by atoms with Crippen molar-refractivity contribution in [2.45, 2.75) is 49.7 Å². The molecule has 0 saturated carbocycles. The molecule has 2 unspecified atom stereocenters. The van der Waals surface area contributed by atoms with Gasteiger partial charge in [-0.2, -0.15) is 26.3 Å². The van der Waals surface area contributed by atoms with Crippen molar-refractivity contribution in [1.82, 2.24) is 10.2 Å². The van der Waals surface area contributed by atoms with Crippen LogP contribution in [0.25, 0.3) is 0 Å². The summed E-state index contributed by atoms with van der Waals surface area (Å²) in [4.78, 5) is 20.3. The molecule has 1 aromatic rings. The predicted molar refractivity (Wildman–Crippen MR) is 129 cm³/mol. The number of methoxy groups -OCH3 is 1. The largest absolute Gasteiger partial charge is 0.490 e. The summed E-state index contributed by atoms with van der Waals surface area (Å²) in [5.41, 5.74) is 1.29. The fourth-order valence-electron chi connectivity index (χ4n) is 4.56. The maximum atomic E-state index is 10.6. The third kappa shape index (κ3) is 10.7. The van der Waals surface area contributed by atoms with Crippen LogP contribution in [0, 0.1) is 5.92 Å². The van der Waals surface area contributed by atoms with Crippen LogP contribution in [0.2, 0.25) is 0 Å². The summed E-state index contributed by atoms with van der Waals surface area (Å²) in [6.45, 7) is 6.87. The molecule has 0 radical (unpaired) electrons. The van der Waals surface area contributed by atoms with Crippen LogP contribution in [0.3, 0.4) is 0 Å². The molecule has 0 amide bonds. The van der Waals surface area contributed by atoms with E-state index in [0.717, 1.165) is 71.0 Å². The van der Waals surface area contributed by atoms with Crippen molar-refractivity contribution in [2.75, 3.05) is 53.1 Å². The van der Waals surface area contributed by atoms with Crippen molar-refractivity contribution >= 4 is 11.9 Å². The van der Waals surface area contributed by atoms with Gasteiger partial charge in [-0.05, 0) is 31.2 Å². The van der Waals surface area contributed by atoms with Gasteiger partial charge in [-0.1, -0.05) is 18.2 Å². The Bertz CT molecular complexity index is 922. The average molecular weight is 589 g/mol. The smallest absolute Gasteiger partial charge is 0.487 e. The number of alkyl halides is 6. The molecule has 3 aliphatic heterocycles. The molecular formula is C25H34F6N2O7. The average Bonchev–Trinajstić information content (AvgIpc) is 3.40. The minimum Gasteiger partial charge on any atom is -0.487 e. The van der Waals surface area contributed by atoms with Gasteiger partial charge < -0.3 is 34.6 Å². The second-order valence-corrected chi connectivity index (χ2v) is 9.66. The van der Waals surface area contributed by atoms with Gasteiger partial charge in [0.2, 0.25) is 0 Å². The highest BCUT2D eigenvalue weighted by Gasteiger charge is 2.43. The first-order chi connectivity index (χ1) is 18.7. The van der Waals surface area contributed by atoms with Crippen LogP contribution < -0.4 is 10.1 Å². The van der Waals surface area contributed by atoms with E-state index in [1.54, 1.807) is 7.11 Å². The summed E-state index contributed by atoms with van der Waals surface area (Å²) in [5.74, 6) is -3.79. The van der Waals surface area contributed by atoms with Gasteiger partial charge in [0.1, 0.15) is 11.4 Å². The number of piperidine rings is 1. The van der Waals surface area contributed by atoms with E-state index in [1.165, 1.54) is 12.0 Å². The summed E-state index contributed by atoms with van der Waals surface area (Å²) < 4.78 is 80.8. The van der Waals surface area contributed by atoms with Gasteiger partial charge in [-0.3, -0.25) is 0 Å². The number of benzene rings is 1. The molecule has 2 fully saturated rings. The van der Waals surface area contributed by atoms with Crippen LogP contribution in [0.1, 0.15) is 37.3 Å². The highest BCUT2D eigenvalue weighted by Crippen LogP contribution is 2.44. The van der Waals surface area contributed by atoms with E-state index in [9.17, 15) is 26.3 Å². The number of carbonyl (C=O) groups is 2. The van der Waals surface area contributed by atoms with E-state index in [1.807, 2.05) is 0 Å². The number of hydrogen-bond acceptors (Lipinski definition) is 7. The first kappa shape index (κ1) is 33.6. The van der Waals surface area contributed by atoms with E-state index < -0.39 is 24.3 Å². The monoisotopic (exact) mass is 588 g/mol. The summed E-state index contributed by atoms with van der Waals surface area (Å²) in [7, 11) is 1.78. The number of rotatable bonds is 6. The number of para-hydroxylation sites is 1. The zero-order valence-electron chi connectivity index (χ0n) is 21.9. The van der Waals surface area contributed by atoms with Crippen molar-refractivity contribution in [3.05, 3.63) is 29.8 Å². The van der Waals surface area contributed by atoms with Gasteiger partial charge in [0.15, 0.2) is 0 Å². The number of fused-ring (bicyclic) bond motifs is 1. The summed E-state index contributed by atoms with van der Waals surface area (Å²) in [5, 5.41) is 18.1. The Balaban J connectivity index is 0.000000333. The molecule has 3 N–H and O–H groups in total. The van der Waals surface area contributed by atoms with Crippen LogP contribution in [0.15, 0.2) is 24.3 Å². The molecule has 1 aromatic carbocycles. The first-order valence-electron chi connectivity index (χ1n) is 12.6. The minimum absolute atomic E-state index is 0.0260. The molecule has 228 valence electrons. The van der Waals surface area contributed by atoms with Crippen molar-refractivity contribution in [3.8, 4) is 5.75 Å². The zero-order valence-corrected chi connectivity index (χ0v) is 21.9. The Hall–Kier alpha value is -2.62. The van der Waals surface area contributed by atoms with Crippen molar-refractivity contribution < 1.29 is 60.4 Å². The second-order valence-electron chi connectivity index (χ2n) is 9.66. The topological polar surface area (TPSA) is 118 Å². The molecule has 4 rings (SSSR count). The number of carboxylic acids is 2.